The van der Waals surface area contributed by atoms with E-state index in [9.17, 15) is 9.18 Å². The molecule has 0 bridgehead atoms. The van der Waals surface area contributed by atoms with Gasteiger partial charge in [-0.05, 0) is 67.2 Å². The molecule has 2 aromatic carbocycles. The van der Waals surface area contributed by atoms with Crippen molar-refractivity contribution in [1.29, 1.82) is 0 Å². The monoisotopic (exact) mass is 414 g/mol. The number of carbonyl (C=O) groups is 1. The number of halogens is 2. The zero-order valence-corrected chi connectivity index (χ0v) is 16.4. The van der Waals surface area contributed by atoms with Crippen LogP contribution >= 0.6 is 23.8 Å². The summed E-state index contributed by atoms with van der Waals surface area (Å²) in [5.74, 6) is 0.309. The first kappa shape index (κ1) is 19.8. The fraction of sp³-hybridized carbons (Fsp3) is 0.0476. The van der Waals surface area contributed by atoms with E-state index < -0.39 is 11.7 Å². The molecular weight excluding hydrogens is 399 g/mol. The first-order valence-electron chi connectivity index (χ1n) is 8.33. The molecule has 0 aliphatic heterocycles. The number of thiocarbonyl (C=S) groups is 1. The van der Waals surface area contributed by atoms with Gasteiger partial charge in [0.05, 0.1) is 0 Å². The van der Waals surface area contributed by atoms with E-state index in [1.54, 1.807) is 18.2 Å². The Bertz CT molecular complexity index is 1060. The number of hydrogen-bond acceptors (Lipinski definition) is 3. The fourth-order valence-electron chi connectivity index (χ4n) is 2.38. The Hall–Kier alpha value is -2.96. The second-order valence-corrected chi connectivity index (χ2v) is 6.77. The van der Waals surface area contributed by atoms with E-state index in [0.29, 0.717) is 22.2 Å². The van der Waals surface area contributed by atoms with Gasteiger partial charge in [-0.3, -0.25) is 10.1 Å². The van der Waals surface area contributed by atoms with Crippen LogP contribution in [0.3, 0.4) is 0 Å². The highest BCUT2D eigenvalue weighted by atomic mass is 35.5. The first-order chi connectivity index (χ1) is 13.4. The predicted octanol–water partition coefficient (Wildman–Crippen LogP) is 5.57. The number of carbonyl (C=O) groups excluding carboxylic acids is 1. The molecule has 0 saturated heterocycles. The minimum atomic E-state index is -0.440. The molecule has 1 amide bonds. The van der Waals surface area contributed by atoms with Gasteiger partial charge >= 0.3 is 0 Å². The number of hydrogen-bond donors (Lipinski definition) is 2. The molecule has 7 heteroatoms. The molecule has 142 valence electrons. The minimum Gasteiger partial charge on any atom is -0.457 e. The molecule has 4 nitrogen and oxygen atoms in total. The highest BCUT2D eigenvalue weighted by Gasteiger charge is 2.06. The maximum Gasteiger partial charge on any atom is 0.250 e. The summed E-state index contributed by atoms with van der Waals surface area (Å²) < 4.78 is 18.9. The lowest BCUT2D eigenvalue weighted by Gasteiger charge is -2.07. The van der Waals surface area contributed by atoms with Crippen LogP contribution in [0.2, 0.25) is 5.02 Å². The highest BCUT2D eigenvalue weighted by molar-refractivity contribution is 7.80. The van der Waals surface area contributed by atoms with Crippen LogP contribution in [0.25, 0.3) is 17.4 Å². The zero-order chi connectivity index (χ0) is 20.1. The maximum absolute atomic E-state index is 13.2. The van der Waals surface area contributed by atoms with Crippen molar-refractivity contribution < 1.29 is 13.6 Å². The summed E-state index contributed by atoms with van der Waals surface area (Å²) in [6.45, 7) is 1.93. The van der Waals surface area contributed by atoms with Crippen molar-refractivity contribution in [1.82, 2.24) is 5.32 Å². The van der Waals surface area contributed by atoms with E-state index in [2.05, 4.69) is 10.6 Å². The fourth-order valence-corrected chi connectivity index (χ4v) is 2.78. The van der Waals surface area contributed by atoms with E-state index in [-0.39, 0.29) is 5.11 Å². The number of anilines is 1. The van der Waals surface area contributed by atoms with Gasteiger partial charge in [0.1, 0.15) is 17.3 Å². The van der Waals surface area contributed by atoms with E-state index in [0.717, 1.165) is 11.1 Å². The van der Waals surface area contributed by atoms with E-state index in [1.165, 1.54) is 30.4 Å². The second kappa shape index (κ2) is 8.82. The van der Waals surface area contributed by atoms with Gasteiger partial charge in [-0.2, -0.15) is 0 Å². The number of benzene rings is 2. The van der Waals surface area contributed by atoms with E-state index in [1.807, 2.05) is 25.1 Å². The normalized spacial score (nSPS) is 10.8. The molecule has 0 unspecified atom stereocenters. The van der Waals surface area contributed by atoms with Gasteiger partial charge in [-0.1, -0.05) is 29.8 Å². The lowest BCUT2D eigenvalue weighted by Crippen LogP contribution is -2.32. The Morgan fingerprint density at radius 3 is 2.75 bits per heavy atom. The zero-order valence-electron chi connectivity index (χ0n) is 14.8. The SMILES string of the molecule is Cc1ccc(-c2ccc(/C=C/C(=O)NC(=S)Nc3cccc(F)c3)o2)cc1Cl. The Labute approximate surface area is 172 Å². The third kappa shape index (κ3) is 5.28. The Kier molecular flexibility index (Phi) is 6.23. The van der Waals surface area contributed by atoms with Crippen LogP contribution in [0, 0.1) is 12.7 Å². The van der Waals surface area contributed by atoms with Crippen molar-refractivity contribution in [3.63, 3.8) is 0 Å². The summed E-state index contributed by atoms with van der Waals surface area (Å²) in [5, 5.41) is 5.94. The molecule has 1 aromatic heterocycles. The van der Waals surface area contributed by atoms with Crippen LogP contribution < -0.4 is 10.6 Å². The molecule has 2 N–H and O–H groups in total. The topological polar surface area (TPSA) is 54.3 Å². The van der Waals surface area contributed by atoms with Crippen molar-refractivity contribution in [3.8, 4) is 11.3 Å². The summed E-state index contributed by atoms with van der Waals surface area (Å²) >= 11 is 11.2. The molecule has 0 fully saturated rings. The molecular formula is C21H16ClFN2O2S. The van der Waals surface area contributed by atoms with Crippen molar-refractivity contribution >= 4 is 46.6 Å². The molecule has 3 rings (SSSR count). The largest absolute Gasteiger partial charge is 0.457 e. The number of amides is 1. The van der Waals surface area contributed by atoms with E-state index >= 15 is 0 Å². The third-order valence-corrected chi connectivity index (χ3v) is 4.41. The summed E-state index contributed by atoms with van der Waals surface area (Å²) in [6.07, 6.45) is 2.82. The van der Waals surface area contributed by atoms with Crippen LogP contribution in [-0.4, -0.2) is 11.0 Å². The number of nitrogens with one attached hydrogen (secondary N) is 2. The molecule has 28 heavy (non-hydrogen) atoms. The highest BCUT2D eigenvalue weighted by Crippen LogP contribution is 2.27. The Morgan fingerprint density at radius 2 is 2.00 bits per heavy atom. The summed E-state index contributed by atoms with van der Waals surface area (Å²) in [7, 11) is 0. The van der Waals surface area contributed by atoms with Crippen LogP contribution in [0.5, 0.6) is 0 Å². The molecule has 1 heterocycles. The molecule has 0 aliphatic carbocycles. The Morgan fingerprint density at radius 1 is 1.18 bits per heavy atom. The molecule has 0 radical (unpaired) electrons. The van der Waals surface area contributed by atoms with Gasteiger partial charge in [-0.25, -0.2) is 4.39 Å². The molecule has 0 spiro atoms. The van der Waals surface area contributed by atoms with Crippen LogP contribution in [-0.2, 0) is 4.79 Å². The minimum absolute atomic E-state index is 0.0645. The third-order valence-electron chi connectivity index (χ3n) is 3.80. The smallest absolute Gasteiger partial charge is 0.250 e. The van der Waals surface area contributed by atoms with Crippen molar-refractivity contribution in [2.75, 3.05) is 5.32 Å². The average Bonchev–Trinajstić information content (AvgIpc) is 3.11. The maximum atomic E-state index is 13.2. The molecule has 0 atom stereocenters. The lowest BCUT2D eigenvalue weighted by molar-refractivity contribution is -0.115. The van der Waals surface area contributed by atoms with Gasteiger partial charge in [0, 0.05) is 22.3 Å². The second-order valence-electron chi connectivity index (χ2n) is 5.95. The van der Waals surface area contributed by atoms with Gasteiger partial charge in [-0.15, -0.1) is 0 Å². The molecule has 3 aromatic rings. The summed E-state index contributed by atoms with van der Waals surface area (Å²) in [6, 6.07) is 15.0. The average molecular weight is 415 g/mol. The van der Waals surface area contributed by atoms with Gasteiger partial charge in [0.25, 0.3) is 0 Å². The number of aryl methyl sites for hydroxylation is 1. The van der Waals surface area contributed by atoms with Gasteiger partial charge < -0.3 is 9.73 Å². The van der Waals surface area contributed by atoms with E-state index in [4.69, 9.17) is 28.2 Å². The number of rotatable bonds is 4. The van der Waals surface area contributed by atoms with Crippen molar-refractivity contribution in [2.45, 2.75) is 6.92 Å². The van der Waals surface area contributed by atoms with Crippen LogP contribution in [0.1, 0.15) is 11.3 Å². The van der Waals surface area contributed by atoms with Crippen LogP contribution in [0.4, 0.5) is 10.1 Å². The lowest BCUT2D eigenvalue weighted by atomic mass is 10.1. The predicted molar refractivity (Wildman–Crippen MR) is 114 cm³/mol. The summed E-state index contributed by atoms with van der Waals surface area (Å²) in [4.78, 5) is 12.0. The molecule has 0 saturated carbocycles. The van der Waals surface area contributed by atoms with Gasteiger partial charge in [0.2, 0.25) is 5.91 Å². The Balaban J connectivity index is 1.59. The van der Waals surface area contributed by atoms with Crippen molar-refractivity contribution in [3.05, 3.63) is 82.8 Å². The van der Waals surface area contributed by atoms with Gasteiger partial charge in [0.15, 0.2) is 5.11 Å². The summed E-state index contributed by atoms with van der Waals surface area (Å²) in [5.41, 5.74) is 2.28. The standard InChI is InChI=1S/C21H16ClFN2O2S/c1-13-5-6-14(11-18(13)22)19-9-7-17(27-19)8-10-20(26)25-21(28)24-16-4-2-3-15(23)12-16/h2-12H,1H3,(H2,24,25,26,28)/b10-8+. The van der Waals surface area contributed by atoms with Crippen LogP contribution in [0.15, 0.2) is 65.1 Å². The quantitative estimate of drug-likeness (QED) is 0.432. The first-order valence-corrected chi connectivity index (χ1v) is 9.11. The molecule has 0 aliphatic rings. The van der Waals surface area contributed by atoms with Crippen molar-refractivity contribution in [2.24, 2.45) is 0 Å². The number of furan rings is 1.